The molecule has 0 unspecified atom stereocenters. The summed E-state index contributed by atoms with van der Waals surface area (Å²) < 4.78 is 10.2. The average molecular weight is 358 g/mol. The van der Waals surface area contributed by atoms with Gasteiger partial charge in [-0.05, 0) is 37.3 Å². The van der Waals surface area contributed by atoms with Crippen molar-refractivity contribution in [1.82, 2.24) is 0 Å². The number of anilines is 1. The number of ether oxygens (including phenoxy) is 2. The first-order chi connectivity index (χ1) is 12.4. The fourth-order valence-electron chi connectivity index (χ4n) is 2.18. The van der Waals surface area contributed by atoms with E-state index in [1.54, 1.807) is 0 Å². The van der Waals surface area contributed by atoms with E-state index >= 15 is 0 Å². The predicted molar refractivity (Wildman–Crippen MR) is 94.9 cm³/mol. The van der Waals surface area contributed by atoms with Crippen molar-refractivity contribution in [1.29, 1.82) is 0 Å². The third kappa shape index (κ3) is 4.87. The maximum atomic E-state index is 12.5. The minimum Gasteiger partial charge on any atom is -0.423 e. The quantitative estimate of drug-likeness (QED) is 0.193. The van der Waals surface area contributed by atoms with Crippen LogP contribution in [0.2, 0.25) is 0 Å². The van der Waals surface area contributed by atoms with Gasteiger partial charge in [0.2, 0.25) is 0 Å². The van der Waals surface area contributed by atoms with Gasteiger partial charge in [-0.25, -0.2) is 4.79 Å². The maximum absolute atomic E-state index is 12.5. The molecule has 0 saturated carbocycles. The molecule has 0 saturated heterocycles. The Bertz CT molecular complexity index is 817. The first-order valence-corrected chi connectivity index (χ1v) is 7.77. The number of rotatable bonds is 8. The van der Waals surface area contributed by atoms with E-state index in [4.69, 9.17) is 9.47 Å². The molecule has 0 aliphatic heterocycles. The van der Waals surface area contributed by atoms with E-state index in [0.29, 0.717) is 24.4 Å². The van der Waals surface area contributed by atoms with E-state index < -0.39 is 10.9 Å². The van der Waals surface area contributed by atoms with Gasteiger partial charge in [0.15, 0.2) is 5.78 Å². The third-order valence-electron chi connectivity index (χ3n) is 3.53. The summed E-state index contributed by atoms with van der Waals surface area (Å²) in [7, 11) is 1.54. The van der Waals surface area contributed by atoms with Gasteiger partial charge >= 0.3 is 5.97 Å². The van der Waals surface area contributed by atoms with Gasteiger partial charge in [0, 0.05) is 37.0 Å². The second kappa shape index (κ2) is 8.72. The van der Waals surface area contributed by atoms with E-state index in [2.05, 4.69) is 5.32 Å². The van der Waals surface area contributed by atoms with E-state index in [1.165, 1.54) is 50.4 Å². The van der Waals surface area contributed by atoms with Crippen LogP contribution < -0.4 is 10.1 Å². The van der Waals surface area contributed by atoms with Crippen molar-refractivity contribution in [2.75, 3.05) is 25.6 Å². The molecule has 0 aliphatic rings. The number of nitro groups is 1. The molecule has 26 heavy (non-hydrogen) atoms. The number of esters is 1. The van der Waals surface area contributed by atoms with Crippen molar-refractivity contribution in [2.24, 2.45) is 0 Å². The highest BCUT2D eigenvalue weighted by atomic mass is 16.6. The summed E-state index contributed by atoms with van der Waals surface area (Å²) in [6.45, 7) is 2.25. The minimum absolute atomic E-state index is 0.0333. The lowest BCUT2D eigenvalue weighted by atomic mass is 10.1. The van der Waals surface area contributed by atoms with E-state index in [0.717, 1.165) is 6.07 Å². The Balaban J connectivity index is 2.25. The normalized spacial score (nSPS) is 10.2. The minimum atomic E-state index is -0.746. The fraction of sp³-hybridized carbons (Fsp3) is 0.222. The first kappa shape index (κ1) is 19.1. The molecule has 1 N–H and O–H groups in total. The molecule has 0 spiro atoms. The Morgan fingerprint density at radius 1 is 1.15 bits per heavy atom. The van der Waals surface area contributed by atoms with Crippen molar-refractivity contribution in [3.8, 4) is 5.75 Å². The molecule has 0 bridgehead atoms. The average Bonchev–Trinajstić information content (AvgIpc) is 2.62. The maximum Gasteiger partial charge on any atom is 0.345 e. The number of hydrogen-bond donors (Lipinski definition) is 1. The van der Waals surface area contributed by atoms with Crippen LogP contribution in [0.3, 0.4) is 0 Å². The topological polar surface area (TPSA) is 108 Å². The molecule has 0 atom stereocenters. The molecule has 8 nitrogen and oxygen atoms in total. The first-order valence-electron chi connectivity index (χ1n) is 7.77. The van der Waals surface area contributed by atoms with Gasteiger partial charge in [0.1, 0.15) is 5.75 Å². The van der Waals surface area contributed by atoms with Crippen LogP contribution in [0.15, 0.2) is 42.5 Å². The SMILES string of the molecule is COCCNc1ccc([N+](=O)[O-])cc1C(=O)Oc1ccc(C(C)=O)cc1. The van der Waals surface area contributed by atoms with Crippen molar-refractivity contribution in [3.63, 3.8) is 0 Å². The fourth-order valence-corrected chi connectivity index (χ4v) is 2.18. The number of methoxy groups -OCH3 is 1. The van der Waals surface area contributed by atoms with Gasteiger partial charge in [-0.2, -0.15) is 0 Å². The molecule has 2 aromatic carbocycles. The summed E-state index contributed by atoms with van der Waals surface area (Å²) in [5, 5.41) is 14.0. The van der Waals surface area contributed by atoms with Gasteiger partial charge in [-0.3, -0.25) is 14.9 Å². The third-order valence-corrected chi connectivity index (χ3v) is 3.53. The van der Waals surface area contributed by atoms with Gasteiger partial charge in [-0.1, -0.05) is 0 Å². The molecule has 2 aromatic rings. The highest BCUT2D eigenvalue weighted by Gasteiger charge is 2.18. The number of nitrogens with zero attached hydrogens (tertiary/aromatic N) is 1. The summed E-state index contributed by atoms with van der Waals surface area (Å²) >= 11 is 0. The van der Waals surface area contributed by atoms with Crippen LogP contribution in [-0.4, -0.2) is 36.9 Å². The number of carbonyl (C=O) groups excluding carboxylic acids is 2. The van der Waals surface area contributed by atoms with E-state index in [-0.39, 0.29) is 22.8 Å². The zero-order valence-electron chi connectivity index (χ0n) is 14.4. The molecule has 0 amide bonds. The van der Waals surface area contributed by atoms with Gasteiger partial charge in [-0.15, -0.1) is 0 Å². The molecule has 2 rings (SSSR count). The van der Waals surface area contributed by atoms with Gasteiger partial charge in [0.25, 0.3) is 5.69 Å². The van der Waals surface area contributed by atoms with Gasteiger partial charge < -0.3 is 14.8 Å². The molecule has 0 aromatic heterocycles. The summed E-state index contributed by atoms with van der Waals surface area (Å²) in [6.07, 6.45) is 0. The zero-order chi connectivity index (χ0) is 19.1. The van der Waals surface area contributed by atoms with E-state index in [9.17, 15) is 19.7 Å². The highest BCUT2D eigenvalue weighted by Crippen LogP contribution is 2.24. The number of non-ortho nitro benzene ring substituents is 1. The molecule has 0 aliphatic carbocycles. The predicted octanol–water partition coefficient (Wildman–Crippen LogP) is 3.07. The lowest BCUT2D eigenvalue weighted by Crippen LogP contribution is -2.15. The van der Waals surface area contributed by atoms with Crippen LogP contribution in [0.25, 0.3) is 0 Å². The molecule has 0 heterocycles. The summed E-state index contributed by atoms with van der Waals surface area (Å²) in [4.78, 5) is 34.2. The number of nitrogens with one attached hydrogen (secondary N) is 1. The second-order valence-corrected chi connectivity index (χ2v) is 5.38. The van der Waals surface area contributed by atoms with Gasteiger partial charge in [0.05, 0.1) is 17.1 Å². The molecule has 0 fully saturated rings. The monoisotopic (exact) mass is 358 g/mol. The molecular weight excluding hydrogens is 340 g/mol. The number of nitro benzene ring substituents is 1. The van der Waals surface area contributed by atoms with Crippen LogP contribution in [0.5, 0.6) is 5.75 Å². The Morgan fingerprint density at radius 3 is 2.42 bits per heavy atom. The van der Waals surface area contributed by atoms with Crippen LogP contribution in [0.4, 0.5) is 11.4 Å². The van der Waals surface area contributed by atoms with Crippen LogP contribution in [-0.2, 0) is 4.74 Å². The Labute approximate surface area is 149 Å². The van der Waals surface area contributed by atoms with Crippen molar-refractivity contribution in [3.05, 3.63) is 63.7 Å². The van der Waals surface area contributed by atoms with Crippen LogP contribution in [0.1, 0.15) is 27.6 Å². The number of hydrogen-bond acceptors (Lipinski definition) is 7. The lowest BCUT2D eigenvalue weighted by Gasteiger charge is -2.11. The Morgan fingerprint density at radius 2 is 1.85 bits per heavy atom. The number of carbonyl (C=O) groups is 2. The summed E-state index contributed by atoms with van der Waals surface area (Å²) in [5.41, 5.74) is 0.701. The molecule has 0 radical (unpaired) electrons. The molecule has 136 valence electrons. The largest absolute Gasteiger partial charge is 0.423 e. The second-order valence-electron chi connectivity index (χ2n) is 5.38. The Hall–Kier alpha value is -3.26. The Kier molecular flexibility index (Phi) is 6.40. The molecule has 8 heteroatoms. The zero-order valence-corrected chi connectivity index (χ0v) is 14.4. The highest BCUT2D eigenvalue weighted by molar-refractivity contribution is 5.98. The number of ketones is 1. The van der Waals surface area contributed by atoms with Crippen molar-refractivity contribution < 1.29 is 24.0 Å². The van der Waals surface area contributed by atoms with Crippen LogP contribution in [0, 0.1) is 10.1 Å². The smallest absolute Gasteiger partial charge is 0.345 e. The van der Waals surface area contributed by atoms with E-state index in [1.807, 2.05) is 0 Å². The molecular formula is C18H18N2O6. The van der Waals surface area contributed by atoms with Crippen LogP contribution >= 0.6 is 0 Å². The number of benzene rings is 2. The van der Waals surface area contributed by atoms with Crippen molar-refractivity contribution >= 4 is 23.1 Å². The summed E-state index contributed by atoms with van der Waals surface area (Å²) in [6, 6.07) is 9.96. The summed E-state index contributed by atoms with van der Waals surface area (Å²) in [5.74, 6) is -0.621. The lowest BCUT2D eigenvalue weighted by molar-refractivity contribution is -0.384. The standard InChI is InChI=1S/C18H18N2O6/c1-12(21)13-3-6-15(7-4-13)26-18(22)16-11-14(20(23)24)5-8-17(16)19-9-10-25-2/h3-8,11,19H,9-10H2,1-2H3. The number of Topliss-reactive ketones (excluding diaryl/α,β-unsaturated/α-hetero) is 1. The van der Waals surface area contributed by atoms with Crippen molar-refractivity contribution in [2.45, 2.75) is 6.92 Å².